The maximum absolute atomic E-state index is 10.4. The van der Waals surface area contributed by atoms with Crippen molar-refractivity contribution in [1.29, 1.82) is 0 Å². The molecule has 2 aromatic rings. The fourth-order valence-electron chi connectivity index (χ4n) is 1.60. The third-order valence-electron chi connectivity index (χ3n) is 2.66. The predicted molar refractivity (Wildman–Crippen MR) is 76.0 cm³/mol. The van der Waals surface area contributed by atoms with Gasteiger partial charge in [0.25, 0.3) is 0 Å². The Morgan fingerprint density at radius 1 is 0.889 bits per heavy atom. The molecule has 2 aromatic carbocycles. The van der Waals surface area contributed by atoms with Crippen molar-refractivity contribution in [1.82, 2.24) is 0 Å². The second kappa shape index (κ2) is 5.77. The molecule has 0 spiro atoms. The minimum Gasteiger partial charge on any atom is -0.232 e. The number of anilines is 1. The topological polar surface area (TPSA) is 32.7 Å². The fraction of sp³-hybridized carbons (Fsp3) is 0.0667. The number of nitrogens with zero attached hydrogens (tertiary/aromatic N) is 2. The summed E-state index contributed by atoms with van der Waals surface area (Å²) in [7, 11) is 1.63. The van der Waals surface area contributed by atoms with Crippen molar-refractivity contribution in [3.63, 3.8) is 0 Å². The zero-order chi connectivity index (χ0) is 12.8. The summed E-state index contributed by atoms with van der Waals surface area (Å²) in [5.74, 6) is 0. The molecule has 2 rings (SSSR count). The predicted octanol–water partition coefficient (Wildman–Crippen LogP) is 3.97. The van der Waals surface area contributed by atoms with E-state index in [2.05, 4.69) is 23.5 Å². The molecule has 0 atom stereocenters. The van der Waals surface area contributed by atoms with Gasteiger partial charge in [0, 0.05) is 7.05 Å². The second-order valence-corrected chi connectivity index (χ2v) is 3.94. The van der Waals surface area contributed by atoms with Crippen molar-refractivity contribution in [2.24, 2.45) is 5.29 Å². The van der Waals surface area contributed by atoms with Crippen LogP contribution in [0.15, 0.2) is 59.9 Å². The van der Waals surface area contributed by atoms with Crippen molar-refractivity contribution in [2.45, 2.75) is 0 Å². The van der Waals surface area contributed by atoms with E-state index in [0.717, 1.165) is 16.8 Å². The number of hydrogen-bond donors (Lipinski definition) is 0. The highest BCUT2D eigenvalue weighted by molar-refractivity contribution is 5.70. The molecule has 0 bridgehead atoms. The smallest absolute Gasteiger partial charge is 0.0623 e. The van der Waals surface area contributed by atoms with Gasteiger partial charge >= 0.3 is 0 Å². The molecular weight excluding hydrogens is 224 g/mol. The van der Waals surface area contributed by atoms with E-state index in [4.69, 9.17) is 0 Å². The van der Waals surface area contributed by atoms with E-state index in [9.17, 15) is 4.91 Å². The molecule has 0 saturated carbocycles. The van der Waals surface area contributed by atoms with Gasteiger partial charge in [0.1, 0.15) is 0 Å². The number of rotatable bonds is 4. The van der Waals surface area contributed by atoms with Gasteiger partial charge in [-0.25, -0.2) is 5.01 Å². The van der Waals surface area contributed by atoms with Gasteiger partial charge in [0.05, 0.1) is 11.0 Å². The van der Waals surface area contributed by atoms with Gasteiger partial charge in [-0.05, 0) is 23.3 Å². The molecular formula is C15H14N2O. The minimum absolute atomic E-state index is 0.780. The van der Waals surface area contributed by atoms with Crippen LogP contribution in [-0.4, -0.2) is 7.05 Å². The monoisotopic (exact) mass is 238 g/mol. The normalized spacial score (nSPS) is 10.5. The molecule has 0 N–H and O–H groups in total. The summed E-state index contributed by atoms with van der Waals surface area (Å²) in [6, 6.07) is 17.8. The molecule has 90 valence electrons. The third kappa shape index (κ3) is 3.04. The van der Waals surface area contributed by atoms with Crippen molar-refractivity contribution < 1.29 is 0 Å². The Bertz CT molecular complexity index is 532. The first kappa shape index (κ1) is 12.0. The van der Waals surface area contributed by atoms with Gasteiger partial charge in [0.2, 0.25) is 0 Å². The summed E-state index contributed by atoms with van der Waals surface area (Å²) in [4.78, 5) is 10.4. The average molecular weight is 238 g/mol. The van der Waals surface area contributed by atoms with Crippen LogP contribution in [0.3, 0.4) is 0 Å². The van der Waals surface area contributed by atoms with Gasteiger partial charge in [-0.1, -0.05) is 54.6 Å². The summed E-state index contributed by atoms with van der Waals surface area (Å²) in [6.07, 6.45) is 4.09. The van der Waals surface area contributed by atoms with E-state index < -0.39 is 0 Å². The highest BCUT2D eigenvalue weighted by Gasteiger charge is 1.98. The van der Waals surface area contributed by atoms with Gasteiger partial charge in [-0.15, -0.1) is 4.91 Å². The zero-order valence-corrected chi connectivity index (χ0v) is 10.2. The lowest BCUT2D eigenvalue weighted by Gasteiger charge is -2.07. The lowest BCUT2D eigenvalue weighted by molar-refractivity contribution is 1.00. The molecule has 3 nitrogen and oxygen atoms in total. The van der Waals surface area contributed by atoms with Crippen LogP contribution in [0.5, 0.6) is 0 Å². The first-order valence-corrected chi connectivity index (χ1v) is 5.70. The molecule has 3 heteroatoms. The Morgan fingerprint density at radius 3 is 2.00 bits per heavy atom. The third-order valence-corrected chi connectivity index (χ3v) is 2.66. The Balaban J connectivity index is 2.11. The summed E-state index contributed by atoms with van der Waals surface area (Å²) in [5, 5.41) is 4.14. The second-order valence-electron chi connectivity index (χ2n) is 3.94. The van der Waals surface area contributed by atoms with Gasteiger partial charge in [-0.3, -0.25) is 0 Å². The van der Waals surface area contributed by atoms with Crippen molar-refractivity contribution in [2.75, 3.05) is 12.1 Å². The van der Waals surface area contributed by atoms with E-state index >= 15 is 0 Å². The van der Waals surface area contributed by atoms with Crippen molar-refractivity contribution >= 4 is 17.8 Å². The van der Waals surface area contributed by atoms with Gasteiger partial charge < -0.3 is 0 Å². The Hall–Kier alpha value is -2.42. The largest absolute Gasteiger partial charge is 0.232 e. The summed E-state index contributed by atoms with van der Waals surface area (Å²) in [6.45, 7) is 0. The van der Waals surface area contributed by atoms with Crippen molar-refractivity contribution in [3.05, 3.63) is 70.6 Å². The van der Waals surface area contributed by atoms with Gasteiger partial charge in [0.15, 0.2) is 0 Å². The molecule has 0 aromatic heterocycles. The van der Waals surface area contributed by atoms with Crippen LogP contribution in [0.4, 0.5) is 5.69 Å². The number of hydrogen-bond acceptors (Lipinski definition) is 2. The molecule has 0 amide bonds. The van der Waals surface area contributed by atoms with Crippen LogP contribution in [0.25, 0.3) is 12.2 Å². The van der Waals surface area contributed by atoms with E-state index in [-0.39, 0.29) is 0 Å². The van der Waals surface area contributed by atoms with E-state index in [0.29, 0.717) is 0 Å². The first-order valence-electron chi connectivity index (χ1n) is 5.70. The maximum Gasteiger partial charge on any atom is 0.0623 e. The molecule has 0 radical (unpaired) electrons. The molecule has 0 heterocycles. The Labute approximate surface area is 106 Å². The highest BCUT2D eigenvalue weighted by Crippen LogP contribution is 2.15. The average Bonchev–Trinajstić information content (AvgIpc) is 2.46. The van der Waals surface area contributed by atoms with Crippen LogP contribution in [0, 0.1) is 4.91 Å². The van der Waals surface area contributed by atoms with Crippen LogP contribution >= 0.6 is 0 Å². The fourth-order valence-corrected chi connectivity index (χ4v) is 1.60. The molecule has 0 aliphatic carbocycles. The van der Waals surface area contributed by atoms with E-state index in [1.807, 2.05) is 48.5 Å². The van der Waals surface area contributed by atoms with Crippen LogP contribution in [0.1, 0.15) is 11.1 Å². The SMILES string of the molecule is CN(N=O)c1ccc(C=Cc2ccccc2)cc1. The minimum atomic E-state index is 0.780. The van der Waals surface area contributed by atoms with Gasteiger partial charge in [-0.2, -0.15) is 0 Å². The molecule has 0 aliphatic heterocycles. The lowest BCUT2D eigenvalue weighted by atomic mass is 10.1. The Morgan fingerprint density at radius 2 is 1.44 bits per heavy atom. The molecule has 0 fully saturated rings. The number of benzene rings is 2. The molecule has 18 heavy (non-hydrogen) atoms. The van der Waals surface area contributed by atoms with Crippen LogP contribution < -0.4 is 5.01 Å². The highest BCUT2D eigenvalue weighted by atomic mass is 16.3. The standard InChI is InChI=1S/C15H14N2O/c1-17(16-18)15-11-9-14(10-12-15)8-7-13-5-3-2-4-6-13/h2-12H,1H3. The van der Waals surface area contributed by atoms with Crippen LogP contribution in [-0.2, 0) is 0 Å². The quantitative estimate of drug-likeness (QED) is 0.458. The molecule has 0 unspecified atom stereocenters. The summed E-state index contributed by atoms with van der Waals surface area (Å²) >= 11 is 0. The Kier molecular flexibility index (Phi) is 3.86. The lowest BCUT2D eigenvalue weighted by Crippen LogP contribution is -2.05. The summed E-state index contributed by atoms with van der Waals surface area (Å²) in [5.41, 5.74) is 3.03. The maximum atomic E-state index is 10.4. The summed E-state index contributed by atoms with van der Waals surface area (Å²) < 4.78 is 0. The van der Waals surface area contributed by atoms with E-state index in [1.54, 1.807) is 7.05 Å². The zero-order valence-electron chi connectivity index (χ0n) is 10.2. The number of nitroso groups, excluding NO2 is 1. The molecule has 0 aliphatic rings. The first-order chi connectivity index (χ1) is 8.79. The van der Waals surface area contributed by atoms with Crippen LogP contribution in [0.2, 0.25) is 0 Å². The van der Waals surface area contributed by atoms with Crippen molar-refractivity contribution in [3.8, 4) is 0 Å². The van der Waals surface area contributed by atoms with E-state index in [1.165, 1.54) is 5.01 Å². The molecule has 0 saturated heterocycles.